The molecular formula is C14H26NO. The first-order chi connectivity index (χ1) is 7.83. The van der Waals surface area contributed by atoms with Gasteiger partial charge >= 0.3 is 0 Å². The molecule has 1 aliphatic rings. The van der Waals surface area contributed by atoms with E-state index in [2.05, 4.69) is 12.2 Å². The number of hydrogen-bond acceptors (Lipinski definition) is 1. The first-order valence-corrected chi connectivity index (χ1v) is 6.91. The second-order valence-corrected chi connectivity index (χ2v) is 4.92. The quantitative estimate of drug-likeness (QED) is 0.596. The number of carbonyl (C=O) groups is 1. The Kier molecular flexibility index (Phi) is 7.28. The van der Waals surface area contributed by atoms with E-state index in [0.717, 1.165) is 19.3 Å². The van der Waals surface area contributed by atoms with Gasteiger partial charge in [0.15, 0.2) is 0 Å². The monoisotopic (exact) mass is 224 g/mol. The van der Waals surface area contributed by atoms with Gasteiger partial charge in [-0.2, -0.15) is 0 Å². The summed E-state index contributed by atoms with van der Waals surface area (Å²) in [4.78, 5) is 11.0. The van der Waals surface area contributed by atoms with Crippen molar-refractivity contribution in [2.45, 2.75) is 76.7 Å². The number of unbranched alkanes of at least 4 members (excludes halogenated alkanes) is 7. The third-order valence-electron chi connectivity index (χ3n) is 3.39. The number of hydrogen-bond donors (Lipinski definition) is 1. The van der Waals surface area contributed by atoms with Crippen LogP contribution in [0.4, 0.5) is 0 Å². The van der Waals surface area contributed by atoms with Crippen LogP contribution in [0, 0.1) is 6.92 Å². The maximum Gasteiger partial charge on any atom is 0.220 e. The molecule has 1 aliphatic heterocycles. The highest BCUT2D eigenvalue weighted by Crippen LogP contribution is 2.15. The Balaban J connectivity index is 1.79. The molecule has 0 aromatic rings. The van der Waals surface area contributed by atoms with Crippen molar-refractivity contribution in [3.05, 3.63) is 6.92 Å². The van der Waals surface area contributed by atoms with Crippen LogP contribution < -0.4 is 5.32 Å². The molecule has 0 bridgehead atoms. The molecule has 1 amide bonds. The summed E-state index contributed by atoms with van der Waals surface area (Å²) in [6.07, 6.45) is 13.4. The Morgan fingerprint density at radius 3 is 2.25 bits per heavy atom. The third-order valence-corrected chi connectivity index (χ3v) is 3.39. The molecule has 0 spiro atoms. The van der Waals surface area contributed by atoms with E-state index in [-0.39, 0.29) is 5.91 Å². The van der Waals surface area contributed by atoms with Crippen molar-refractivity contribution in [2.75, 3.05) is 0 Å². The van der Waals surface area contributed by atoms with Gasteiger partial charge in [-0.05, 0) is 12.8 Å². The highest BCUT2D eigenvalue weighted by Gasteiger charge is 2.19. The average molecular weight is 224 g/mol. The maximum atomic E-state index is 11.0. The van der Waals surface area contributed by atoms with Crippen LogP contribution in [0.2, 0.25) is 0 Å². The summed E-state index contributed by atoms with van der Waals surface area (Å²) in [6, 6.07) is 0.485. The van der Waals surface area contributed by atoms with Crippen LogP contribution in [0.3, 0.4) is 0 Å². The Morgan fingerprint density at radius 1 is 1.06 bits per heavy atom. The fraction of sp³-hybridized carbons (Fsp3) is 0.857. The predicted molar refractivity (Wildman–Crippen MR) is 68.1 cm³/mol. The summed E-state index contributed by atoms with van der Waals surface area (Å²) >= 11 is 0. The topological polar surface area (TPSA) is 29.1 Å². The third kappa shape index (κ3) is 6.14. The maximum absolute atomic E-state index is 11.0. The van der Waals surface area contributed by atoms with Crippen molar-refractivity contribution in [3.8, 4) is 0 Å². The summed E-state index contributed by atoms with van der Waals surface area (Å²) in [7, 11) is 0. The lowest BCUT2D eigenvalue weighted by Crippen LogP contribution is -2.24. The Hall–Kier alpha value is -0.530. The normalized spacial score (nSPS) is 20.1. The minimum absolute atomic E-state index is 0.248. The van der Waals surface area contributed by atoms with Crippen LogP contribution in [0.1, 0.15) is 70.6 Å². The van der Waals surface area contributed by atoms with Crippen LogP contribution in [-0.2, 0) is 4.79 Å². The molecular weight excluding hydrogens is 198 g/mol. The highest BCUT2D eigenvalue weighted by molar-refractivity contribution is 5.78. The molecule has 1 radical (unpaired) electrons. The van der Waals surface area contributed by atoms with Gasteiger partial charge in [0.25, 0.3) is 0 Å². The van der Waals surface area contributed by atoms with Crippen LogP contribution >= 0.6 is 0 Å². The van der Waals surface area contributed by atoms with E-state index in [0.29, 0.717) is 6.04 Å². The minimum Gasteiger partial charge on any atom is -0.353 e. The molecule has 1 saturated heterocycles. The van der Waals surface area contributed by atoms with Gasteiger partial charge in [-0.1, -0.05) is 58.3 Å². The Bertz CT molecular complexity index is 191. The summed E-state index contributed by atoms with van der Waals surface area (Å²) in [5.41, 5.74) is 0. The first kappa shape index (κ1) is 13.5. The van der Waals surface area contributed by atoms with Gasteiger partial charge < -0.3 is 5.32 Å². The van der Waals surface area contributed by atoms with E-state index in [4.69, 9.17) is 0 Å². The number of rotatable bonds is 9. The van der Waals surface area contributed by atoms with Gasteiger partial charge in [0, 0.05) is 12.5 Å². The van der Waals surface area contributed by atoms with E-state index in [1.54, 1.807) is 0 Å². The smallest absolute Gasteiger partial charge is 0.220 e. The second kappa shape index (κ2) is 8.60. The average Bonchev–Trinajstić information content (AvgIpc) is 2.68. The van der Waals surface area contributed by atoms with Crippen molar-refractivity contribution in [1.82, 2.24) is 5.32 Å². The molecule has 2 nitrogen and oxygen atoms in total. The van der Waals surface area contributed by atoms with Crippen molar-refractivity contribution in [3.63, 3.8) is 0 Å². The molecule has 2 heteroatoms. The molecule has 0 saturated carbocycles. The molecule has 1 fully saturated rings. The standard InChI is InChI=1S/C14H26NO/c1-2-3-4-5-6-7-8-9-10-13-11-12-14(16)15-13/h13H,1-12H2,(H,15,16). The van der Waals surface area contributed by atoms with Crippen LogP contribution in [0.15, 0.2) is 0 Å². The lowest BCUT2D eigenvalue weighted by atomic mass is 10.0. The van der Waals surface area contributed by atoms with Gasteiger partial charge in [-0.25, -0.2) is 0 Å². The van der Waals surface area contributed by atoms with E-state index in [1.807, 2.05) is 0 Å². The SMILES string of the molecule is [CH2]CCCCCCCCCC1CCC(=O)N1. The van der Waals surface area contributed by atoms with Gasteiger partial charge in [0.2, 0.25) is 5.91 Å². The zero-order valence-electron chi connectivity index (χ0n) is 10.5. The highest BCUT2D eigenvalue weighted by atomic mass is 16.1. The Morgan fingerprint density at radius 2 is 1.69 bits per heavy atom. The van der Waals surface area contributed by atoms with Crippen molar-refractivity contribution in [2.24, 2.45) is 0 Å². The molecule has 1 N–H and O–H groups in total. The lowest BCUT2D eigenvalue weighted by molar-refractivity contribution is -0.119. The van der Waals surface area contributed by atoms with Gasteiger partial charge in [0.1, 0.15) is 0 Å². The number of carbonyl (C=O) groups excluding carboxylic acids is 1. The van der Waals surface area contributed by atoms with E-state index >= 15 is 0 Å². The van der Waals surface area contributed by atoms with Crippen LogP contribution in [-0.4, -0.2) is 11.9 Å². The molecule has 0 aromatic heterocycles. The number of nitrogens with one attached hydrogen (secondary N) is 1. The summed E-state index contributed by atoms with van der Waals surface area (Å²) in [5, 5.41) is 3.03. The number of amides is 1. The van der Waals surface area contributed by atoms with E-state index < -0.39 is 0 Å². The Labute approximate surface area is 100 Å². The first-order valence-electron chi connectivity index (χ1n) is 6.91. The molecule has 1 atom stereocenters. The molecule has 1 rings (SSSR count). The largest absolute Gasteiger partial charge is 0.353 e. The molecule has 1 heterocycles. The van der Waals surface area contributed by atoms with Gasteiger partial charge in [-0.3, -0.25) is 4.79 Å². The molecule has 93 valence electrons. The fourth-order valence-corrected chi connectivity index (χ4v) is 2.35. The second-order valence-electron chi connectivity index (χ2n) is 4.92. The summed E-state index contributed by atoms with van der Waals surface area (Å²) in [5.74, 6) is 0.248. The van der Waals surface area contributed by atoms with Crippen molar-refractivity contribution < 1.29 is 4.79 Å². The fourth-order valence-electron chi connectivity index (χ4n) is 2.35. The van der Waals surface area contributed by atoms with Crippen LogP contribution in [0.25, 0.3) is 0 Å². The molecule has 1 unspecified atom stereocenters. The van der Waals surface area contributed by atoms with Crippen LogP contribution in [0.5, 0.6) is 0 Å². The van der Waals surface area contributed by atoms with E-state index in [9.17, 15) is 4.79 Å². The van der Waals surface area contributed by atoms with Gasteiger partial charge in [-0.15, -0.1) is 0 Å². The molecule has 16 heavy (non-hydrogen) atoms. The summed E-state index contributed by atoms with van der Waals surface area (Å²) < 4.78 is 0. The van der Waals surface area contributed by atoms with Crippen molar-refractivity contribution in [1.29, 1.82) is 0 Å². The van der Waals surface area contributed by atoms with Gasteiger partial charge in [0.05, 0.1) is 0 Å². The molecule has 0 aromatic carbocycles. The molecule has 0 aliphatic carbocycles. The summed E-state index contributed by atoms with van der Waals surface area (Å²) in [6.45, 7) is 3.85. The van der Waals surface area contributed by atoms with E-state index in [1.165, 1.54) is 51.4 Å². The zero-order valence-corrected chi connectivity index (χ0v) is 10.5. The predicted octanol–water partition coefficient (Wildman–Crippen LogP) is 3.61. The van der Waals surface area contributed by atoms with Crippen molar-refractivity contribution >= 4 is 5.91 Å². The lowest BCUT2D eigenvalue weighted by Gasteiger charge is -2.08. The minimum atomic E-state index is 0.248. The zero-order chi connectivity index (χ0) is 11.6.